The molecule has 112 valence electrons. The highest BCUT2D eigenvalue weighted by Gasteiger charge is 2.16. The molecule has 0 saturated carbocycles. The van der Waals surface area contributed by atoms with Gasteiger partial charge in [-0.1, -0.05) is 43.7 Å². The summed E-state index contributed by atoms with van der Waals surface area (Å²) in [6.45, 7) is 5.90. The van der Waals surface area contributed by atoms with E-state index in [9.17, 15) is 8.42 Å². The van der Waals surface area contributed by atoms with Crippen LogP contribution < -0.4 is 4.72 Å². The zero-order valence-corrected chi connectivity index (χ0v) is 13.5. The third kappa shape index (κ3) is 3.64. The van der Waals surface area contributed by atoms with Crippen LogP contribution in [-0.2, 0) is 16.4 Å². The second kappa shape index (κ2) is 6.31. The predicted molar refractivity (Wildman–Crippen MR) is 87.2 cm³/mol. The first kappa shape index (κ1) is 15.6. The summed E-state index contributed by atoms with van der Waals surface area (Å²) in [6.07, 6.45) is 2.01. The van der Waals surface area contributed by atoms with Gasteiger partial charge in [0.1, 0.15) is 0 Å². The quantitative estimate of drug-likeness (QED) is 0.905. The highest BCUT2D eigenvalue weighted by Crippen LogP contribution is 2.23. The van der Waals surface area contributed by atoms with Gasteiger partial charge in [0.15, 0.2) is 0 Å². The fourth-order valence-electron chi connectivity index (χ4n) is 2.29. The summed E-state index contributed by atoms with van der Waals surface area (Å²) in [7, 11) is -3.54. The molecule has 0 saturated heterocycles. The van der Waals surface area contributed by atoms with Crippen molar-refractivity contribution in [3.05, 3.63) is 59.2 Å². The molecule has 0 aliphatic rings. The summed E-state index contributed by atoms with van der Waals surface area (Å²) >= 11 is 0. The van der Waals surface area contributed by atoms with Crippen molar-refractivity contribution in [1.82, 2.24) is 0 Å². The van der Waals surface area contributed by atoms with Gasteiger partial charge in [-0.15, -0.1) is 0 Å². The molecule has 0 radical (unpaired) electrons. The molecular weight excluding hydrogens is 282 g/mol. The first-order valence-corrected chi connectivity index (χ1v) is 8.60. The molecule has 2 aromatic carbocycles. The standard InChI is InChI=1S/C17H21NO2S/c1-4-6-15-9-11-16(12-10-15)21(19,20)18-17-13(2)7-5-8-14(17)3/h5,7-12,18H,4,6H2,1-3H3. The van der Waals surface area contributed by atoms with Crippen LogP contribution in [0.2, 0.25) is 0 Å². The van der Waals surface area contributed by atoms with E-state index in [-0.39, 0.29) is 0 Å². The van der Waals surface area contributed by atoms with Crippen LogP contribution in [0.1, 0.15) is 30.0 Å². The van der Waals surface area contributed by atoms with Gasteiger partial charge in [-0.3, -0.25) is 4.72 Å². The third-order valence-corrected chi connectivity index (χ3v) is 4.86. The Balaban J connectivity index is 2.30. The zero-order chi connectivity index (χ0) is 15.5. The first-order chi connectivity index (χ1) is 9.94. The van der Waals surface area contributed by atoms with Crippen LogP contribution in [0.3, 0.4) is 0 Å². The van der Waals surface area contributed by atoms with Gasteiger partial charge in [-0.2, -0.15) is 0 Å². The number of hydrogen-bond acceptors (Lipinski definition) is 2. The molecule has 0 aromatic heterocycles. The van der Waals surface area contributed by atoms with Gasteiger partial charge in [-0.25, -0.2) is 8.42 Å². The van der Waals surface area contributed by atoms with Crippen molar-refractivity contribution < 1.29 is 8.42 Å². The van der Waals surface area contributed by atoms with E-state index in [2.05, 4.69) is 11.6 Å². The van der Waals surface area contributed by atoms with Crippen LogP contribution in [0.4, 0.5) is 5.69 Å². The van der Waals surface area contributed by atoms with Crippen molar-refractivity contribution in [2.45, 2.75) is 38.5 Å². The maximum Gasteiger partial charge on any atom is 0.261 e. The lowest BCUT2D eigenvalue weighted by Crippen LogP contribution is -2.14. The Hall–Kier alpha value is -1.81. The number of hydrogen-bond donors (Lipinski definition) is 1. The van der Waals surface area contributed by atoms with Crippen LogP contribution >= 0.6 is 0 Å². The van der Waals surface area contributed by atoms with Crippen LogP contribution in [0, 0.1) is 13.8 Å². The van der Waals surface area contributed by atoms with Crippen LogP contribution in [0.5, 0.6) is 0 Å². The Labute approximate surface area is 127 Å². The summed E-state index contributed by atoms with van der Waals surface area (Å²) in [5, 5.41) is 0. The minimum absolute atomic E-state index is 0.296. The maximum absolute atomic E-state index is 12.5. The summed E-state index contributed by atoms with van der Waals surface area (Å²) in [5.74, 6) is 0. The molecular formula is C17H21NO2S. The van der Waals surface area contributed by atoms with Crippen molar-refractivity contribution in [3.8, 4) is 0 Å². The summed E-state index contributed by atoms with van der Waals surface area (Å²) in [6, 6.07) is 12.8. The number of nitrogens with one attached hydrogen (secondary N) is 1. The maximum atomic E-state index is 12.5. The highest BCUT2D eigenvalue weighted by molar-refractivity contribution is 7.92. The van der Waals surface area contributed by atoms with Crippen LogP contribution in [0.25, 0.3) is 0 Å². The van der Waals surface area contributed by atoms with Crippen LogP contribution in [0.15, 0.2) is 47.4 Å². The molecule has 1 N–H and O–H groups in total. The van der Waals surface area contributed by atoms with E-state index in [1.807, 2.05) is 44.2 Å². The molecule has 0 aliphatic heterocycles. The molecule has 21 heavy (non-hydrogen) atoms. The molecule has 0 fully saturated rings. The fraction of sp³-hybridized carbons (Fsp3) is 0.294. The number of aryl methyl sites for hydroxylation is 3. The lowest BCUT2D eigenvalue weighted by atomic mass is 10.1. The Morgan fingerprint density at radius 2 is 1.52 bits per heavy atom. The minimum atomic E-state index is -3.54. The van der Waals surface area contributed by atoms with E-state index < -0.39 is 10.0 Å². The zero-order valence-electron chi connectivity index (χ0n) is 12.7. The van der Waals surface area contributed by atoms with E-state index in [0.717, 1.165) is 29.5 Å². The lowest BCUT2D eigenvalue weighted by Gasteiger charge is -2.13. The van der Waals surface area contributed by atoms with E-state index in [1.165, 1.54) is 0 Å². The molecule has 2 rings (SSSR count). The topological polar surface area (TPSA) is 46.2 Å². The molecule has 0 spiro atoms. The number of benzene rings is 2. The number of sulfonamides is 1. The molecule has 2 aromatic rings. The van der Waals surface area contributed by atoms with Gasteiger partial charge in [0.2, 0.25) is 0 Å². The molecule has 0 amide bonds. The van der Waals surface area contributed by atoms with Crippen molar-refractivity contribution in [2.24, 2.45) is 0 Å². The molecule has 0 heterocycles. The van der Waals surface area contributed by atoms with Gasteiger partial charge < -0.3 is 0 Å². The Bertz CT molecular complexity index is 699. The summed E-state index contributed by atoms with van der Waals surface area (Å²) in [5.41, 5.74) is 3.65. The Morgan fingerprint density at radius 3 is 2.05 bits per heavy atom. The van der Waals surface area contributed by atoms with Crippen molar-refractivity contribution >= 4 is 15.7 Å². The Kier molecular flexibility index (Phi) is 4.68. The molecule has 4 heteroatoms. The molecule has 0 bridgehead atoms. The van der Waals surface area contributed by atoms with E-state index >= 15 is 0 Å². The summed E-state index contributed by atoms with van der Waals surface area (Å²) in [4.78, 5) is 0.296. The van der Waals surface area contributed by atoms with Gasteiger partial charge in [0, 0.05) is 0 Å². The number of anilines is 1. The second-order valence-corrected chi connectivity index (χ2v) is 6.95. The van der Waals surface area contributed by atoms with Gasteiger partial charge in [0.25, 0.3) is 10.0 Å². The van der Waals surface area contributed by atoms with E-state index in [1.54, 1.807) is 12.1 Å². The van der Waals surface area contributed by atoms with E-state index in [4.69, 9.17) is 0 Å². The lowest BCUT2D eigenvalue weighted by molar-refractivity contribution is 0.601. The highest BCUT2D eigenvalue weighted by atomic mass is 32.2. The average molecular weight is 303 g/mol. The summed E-state index contributed by atoms with van der Waals surface area (Å²) < 4.78 is 27.6. The van der Waals surface area contributed by atoms with Crippen molar-refractivity contribution in [2.75, 3.05) is 4.72 Å². The predicted octanol–water partition coefficient (Wildman–Crippen LogP) is 4.06. The fourth-order valence-corrected chi connectivity index (χ4v) is 3.50. The van der Waals surface area contributed by atoms with Gasteiger partial charge in [0.05, 0.1) is 10.6 Å². The van der Waals surface area contributed by atoms with Gasteiger partial charge in [-0.05, 0) is 49.1 Å². The first-order valence-electron chi connectivity index (χ1n) is 7.12. The molecule has 0 unspecified atom stereocenters. The molecule has 3 nitrogen and oxygen atoms in total. The van der Waals surface area contributed by atoms with E-state index in [0.29, 0.717) is 10.6 Å². The largest absolute Gasteiger partial charge is 0.279 e. The SMILES string of the molecule is CCCc1ccc(S(=O)(=O)Nc2c(C)cccc2C)cc1. The molecule has 0 aliphatic carbocycles. The average Bonchev–Trinajstić information content (AvgIpc) is 2.44. The number of para-hydroxylation sites is 1. The molecule has 0 atom stereocenters. The normalized spacial score (nSPS) is 11.4. The number of rotatable bonds is 5. The minimum Gasteiger partial charge on any atom is -0.279 e. The monoisotopic (exact) mass is 303 g/mol. The van der Waals surface area contributed by atoms with Gasteiger partial charge >= 0.3 is 0 Å². The third-order valence-electron chi connectivity index (χ3n) is 3.49. The smallest absolute Gasteiger partial charge is 0.261 e. The Morgan fingerprint density at radius 1 is 0.952 bits per heavy atom. The van der Waals surface area contributed by atoms with Crippen molar-refractivity contribution in [1.29, 1.82) is 0 Å². The van der Waals surface area contributed by atoms with Crippen LogP contribution in [-0.4, -0.2) is 8.42 Å². The second-order valence-electron chi connectivity index (χ2n) is 5.27. The van der Waals surface area contributed by atoms with Crippen molar-refractivity contribution in [3.63, 3.8) is 0 Å².